The van der Waals surface area contributed by atoms with Crippen LogP contribution in [-0.4, -0.2) is 37.8 Å². The fraction of sp³-hybridized carbons (Fsp3) is 0.118. The minimum atomic E-state index is -0.357. The Bertz CT molecular complexity index is 943. The zero-order valence-corrected chi connectivity index (χ0v) is 15.0. The molecule has 0 atom stereocenters. The highest BCUT2D eigenvalue weighted by Crippen LogP contribution is 2.19. The van der Waals surface area contributed by atoms with E-state index in [9.17, 15) is 14.0 Å². The Kier molecular flexibility index (Phi) is 5.77. The lowest BCUT2D eigenvalue weighted by atomic mass is 10.3. The van der Waals surface area contributed by atoms with Crippen molar-refractivity contribution in [1.82, 2.24) is 20.2 Å². The number of anilines is 2. The van der Waals surface area contributed by atoms with Crippen LogP contribution in [0.25, 0.3) is 5.69 Å². The molecule has 2 aromatic carbocycles. The Morgan fingerprint density at radius 3 is 2.30 bits per heavy atom. The second-order valence-corrected chi connectivity index (χ2v) is 6.39. The van der Waals surface area contributed by atoms with E-state index in [0.717, 1.165) is 11.8 Å². The zero-order chi connectivity index (χ0) is 19.2. The summed E-state index contributed by atoms with van der Waals surface area (Å²) < 4.78 is 14.5. The van der Waals surface area contributed by atoms with Gasteiger partial charge in [0.2, 0.25) is 17.0 Å². The minimum Gasteiger partial charge on any atom is -0.326 e. The van der Waals surface area contributed by atoms with Gasteiger partial charge >= 0.3 is 0 Å². The Hall–Kier alpha value is -3.27. The standard InChI is InChI=1S/C17H15FN6O2S/c1-11(25)19-13-4-6-14(7-5-13)20-16(26)10-27-17-21-22-23-24(17)15-8-2-12(18)3-9-15/h2-9H,10H2,1H3,(H,19,25)(H,20,26). The van der Waals surface area contributed by atoms with E-state index in [1.165, 1.54) is 23.7 Å². The molecule has 0 saturated heterocycles. The van der Waals surface area contributed by atoms with Crippen LogP contribution < -0.4 is 10.6 Å². The third kappa shape index (κ3) is 5.11. The van der Waals surface area contributed by atoms with Gasteiger partial charge in [-0.1, -0.05) is 11.8 Å². The number of hydrogen-bond acceptors (Lipinski definition) is 6. The van der Waals surface area contributed by atoms with Crippen molar-refractivity contribution >= 4 is 35.0 Å². The number of carbonyl (C=O) groups is 2. The summed E-state index contributed by atoms with van der Waals surface area (Å²) >= 11 is 1.16. The number of halogens is 1. The van der Waals surface area contributed by atoms with Gasteiger partial charge in [0.25, 0.3) is 0 Å². The first-order chi connectivity index (χ1) is 13.0. The second-order valence-electron chi connectivity index (χ2n) is 5.45. The monoisotopic (exact) mass is 386 g/mol. The maximum atomic E-state index is 13.0. The van der Waals surface area contributed by atoms with Gasteiger partial charge in [-0.3, -0.25) is 9.59 Å². The molecule has 0 spiro atoms. The van der Waals surface area contributed by atoms with Crippen LogP contribution >= 0.6 is 11.8 Å². The normalized spacial score (nSPS) is 10.4. The summed E-state index contributed by atoms with van der Waals surface area (Å²) in [5.74, 6) is -0.664. The molecule has 3 aromatic rings. The molecule has 10 heteroatoms. The number of aromatic nitrogens is 4. The van der Waals surface area contributed by atoms with E-state index in [-0.39, 0.29) is 23.4 Å². The fourth-order valence-corrected chi connectivity index (χ4v) is 2.87. The maximum Gasteiger partial charge on any atom is 0.234 e. The van der Waals surface area contributed by atoms with Crippen LogP contribution in [0.3, 0.4) is 0 Å². The predicted octanol–water partition coefficient (Wildman–Crippen LogP) is 2.49. The molecule has 0 saturated carbocycles. The van der Waals surface area contributed by atoms with Gasteiger partial charge in [-0.25, -0.2) is 4.39 Å². The number of nitrogens with zero attached hydrogens (tertiary/aromatic N) is 4. The van der Waals surface area contributed by atoms with E-state index in [2.05, 4.69) is 26.2 Å². The molecule has 1 aromatic heterocycles. The lowest BCUT2D eigenvalue weighted by molar-refractivity contribution is -0.114. The Morgan fingerprint density at radius 2 is 1.67 bits per heavy atom. The molecule has 3 rings (SSSR count). The van der Waals surface area contributed by atoms with E-state index >= 15 is 0 Å². The number of benzene rings is 2. The number of carbonyl (C=O) groups excluding carboxylic acids is 2. The van der Waals surface area contributed by atoms with Gasteiger partial charge < -0.3 is 10.6 Å². The Labute approximate surface area is 158 Å². The van der Waals surface area contributed by atoms with Crippen LogP contribution in [0.4, 0.5) is 15.8 Å². The van der Waals surface area contributed by atoms with Crippen molar-refractivity contribution in [2.45, 2.75) is 12.1 Å². The quantitative estimate of drug-likeness (QED) is 0.631. The first-order valence-corrected chi connectivity index (χ1v) is 8.84. The lowest BCUT2D eigenvalue weighted by Crippen LogP contribution is -2.14. The molecule has 0 radical (unpaired) electrons. The SMILES string of the molecule is CC(=O)Nc1ccc(NC(=O)CSc2nnnn2-c2ccc(F)cc2)cc1. The summed E-state index contributed by atoms with van der Waals surface area (Å²) in [6.45, 7) is 1.42. The van der Waals surface area contributed by atoms with Crippen LogP contribution in [0, 0.1) is 5.82 Å². The maximum absolute atomic E-state index is 13.0. The largest absolute Gasteiger partial charge is 0.326 e. The average Bonchev–Trinajstić information content (AvgIpc) is 3.10. The third-order valence-electron chi connectivity index (χ3n) is 3.33. The van der Waals surface area contributed by atoms with Crippen LogP contribution in [0.1, 0.15) is 6.92 Å². The van der Waals surface area contributed by atoms with Gasteiger partial charge in [0, 0.05) is 18.3 Å². The molecular formula is C17H15FN6O2S. The molecule has 27 heavy (non-hydrogen) atoms. The van der Waals surface area contributed by atoms with Crippen molar-refractivity contribution in [3.8, 4) is 5.69 Å². The summed E-state index contributed by atoms with van der Waals surface area (Å²) in [6.07, 6.45) is 0. The Morgan fingerprint density at radius 1 is 1.04 bits per heavy atom. The molecule has 138 valence electrons. The van der Waals surface area contributed by atoms with E-state index < -0.39 is 0 Å². The number of nitrogens with one attached hydrogen (secondary N) is 2. The van der Waals surface area contributed by atoms with Crippen LogP contribution in [0.5, 0.6) is 0 Å². The molecule has 0 aliphatic carbocycles. The highest BCUT2D eigenvalue weighted by Gasteiger charge is 2.12. The topological polar surface area (TPSA) is 102 Å². The molecule has 0 unspecified atom stereocenters. The molecule has 0 aliphatic rings. The number of hydrogen-bond donors (Lipinski definition) is 2. The molecule has 8 nitrogen and oxygen atoms in total. The van der Waals surface area contributed by atoms with Gasteiger partial charge in [0.05, 0.1) is 11.4 Å². The number of thioether (sulfide) groups is 1. The first-order valence-electron chi connectivity index (χ1n) is 7.86. The van der Waals surface area contributed by atoms with Crippen molar-refractivity contribution in [3.05, 3.63) is 54.3 Å². The van der Waals surface area contributed by atoms with Crippen LogP contribution in [0.15, 0.2) is 53.7 Å². The first kappa shape index (κ1) is 18.5. The average molecular weight is 386 g/mol. The van der Waals surface area contributed by atoms with Crippen molar-refractivity contribution in [2.75, 3.05) is 16.4 Å². The second kappa shape index (κ2) is 8.41. The van der Waals surface area contributed by atoms with Crippen molar-refractivity contribution < 1.29 is 14.0 Å². The van der Waals surface area contributed by atoms with Gasteiger partial charge in [-0.15, -0.1) is 5.10 Å². The highest BCUT2D eigenvalue weighted by atomic mass is 32.2. The van der Waals surface area contributed by atoms with Gasteiger partial charge in [0.1, 0.15) is 5.82 Å². The highest BCUT2D eigenvalue weighted by molar-refractivity contribution is 7.99. The molecule has 2 N–H and O–H groups in total. The fourth-order valence-electron chi connectivity index (χ4n) is 2.18. The molecule has 0 fully saturated rings. The van der Waals surface area contributed by atoms with E-state index in [1.54, 1.807) is 36.4 Å². The zero-order valence-electron chi connectivity index (χ0n) is 14.2. The molecule has 0 bridgehead atoms. The summed E-state index contributed by atoms with van der Waals surface area (Å²) in [6, 6.07) is 12.5. The van der Waals surface area contributed by atoms with Crippen molar-refractivity contribution in [1.29, 1.82) is 0 Å². The van der Waals surface area contributed by atoms with E-state index in [0.29, 0.717) is 22.2 Å². The van der Waals surface area contributed by atoms with E-state index in [1.807, 2.05) is 0 Å². The van der Waals surface area contributed by atoms with Gasteiger partial charge in [-0.2, -0.15) is 4.68 Å². The number of tetrazole rings is 1. The smallest absolute Gasteiger partial charge is 0.234 e. The molecule has 2 amide bonds. The minimum absolute atomic E-state index is 0.0923. The van der Waals surface area contributed by atoms with E-state index in [4.69, 9.17) is 0 Å². The lowest BCUT2D eigenvalue weighted by Gasteiger charge is -2.07. The van der Waals surface area contributed by atoms with Gasteiger partial charge in [0.15, 0.2) is 0 Å². The summed E-state index contributed by atoms with van der Waals surface area (Å²) in [7, 11) is 0. The van der Waals surface area contributed by atoms with Crippen LogP contribution in [0.2, 0.25) is 0 Å². The van der Waals surface area contributed by atoms with Gasteiger partial charge in [-0.05, 0) is 59.0 Å². The Balaban J connectivity index is 1.58. The molecule has 0 aliphatic heterocycles. The predicted molar refractivity (Wildman–Crippen MR) is 99.2 cm³/mol. The molecular weight excluding hydrogens is 371 g/mol. The third-order valence-corrected chi connectivity index (χ3v) is 4.25. The van der Waals surface area contributed by atoms with Crippen LogP contribution in [-0.2, 0) is 9.59 Å². The van der Waals surface area contributed by atoms with Crippen molar-refractivity contribution in [3.63, 3.8) is 0 Å². The number of amides is 2. The number of rotatable bonds is 6. The summed E-state index contributed by atoms with van der Waals surface area (Å²) in [5, 5.41) is 17.2. The van der Waals surface area contributed by atoms with Crippen molar-refractivity contribution in [2.24, 2.45) is 0 Å². The summed E-state index contributed by atoms with van der Waals surface area (Å²) in [4.78, 5) is 23.1. The summed E-state index contributed by atoms with van der Waals surface area (Å²) in [5.41, 5.74) is 1.85. The molecule has 1 heterocycles.